The van der Waals surface area contributed by atoms with E-state index in [2.05, 4.69) is 32.5 Å². The molecule has 0 saturated carbocycles. The number of hydrogen-bond donors (Lipinski definition) is 3. The van der Waals surface area contributed by atoms with Crippen molar-refractivity contribution in [3.63, 3.8) is 0 Å². The molecule has 2 saturated heterocycles. The number of phenolic OH excluding ortho intramolecular Hbond substituents is 1. The first-order valence-electron chi connectivity index (χ1n) is 16.4. The SMILES string of the molecule is CN(Cc1cccc(N2CCC(=O)NC2=O)c1)C1CCN(c2ccc3c(c2)C(=O)N(C(C(=O)Nc2nccs2)c2cc(F)ccc2O)C3)CC1. The number of aromatic nitrogens is 1. The molecule has 258 valence electrons. The van der Waals surface area contributed by atoms with Gasteiger partial charge in [-0.25, -0.2) is 14.2 Å². The first-order valence-corrected chi connectivity index (χ1v) is 17.3. The molecule has 50 heavy (non-hydrogen) atoms. The fourth-order valence-corrected chi connectivity index (χ4v) is 7.52. The Morgan fingerprint density at radius 2 is 1.90 bits per heavy atom. The molecule has 12 nitrogen and oxygen atoms in total. The number of anilines is 3. The first-order chi connectivity index (χ1) is 24.1. The molecule has 7 rings (SSSR count). The molecule has 1 aromatic heterocycles. The molecular formula is C36H36FN7O5S. The molecule has 3 aromatic carbocycles. The number of rotatable bonds is 9. The van der Waals surface area contributed by atoms with E-state index < -0.39 is 23.8 Å². The molecule has 3 aliphatic rings. The van der Waals surface area contributed by atoms with E-state index >= 15 is 0 Å². The lowest BCUT2D eigenvalue weighted by Crippen LogP contribution is -2.49. The van der Waals surface area contributed by atoms with E-state index in [4.69, 9.17) is 0 Å². The molecule has 4 aromatic rings. The van der Waals surface area contributed by atoms with E-state index in [1.807, 2.05) is 42.5 Å². The number of benzene rings is 3. The highest BCUT2D eigenvalue weighted by molar-refractivity contribution is 7.13. The van der Waals surface area contributed by atoms with Gasteiger partial charge in [-0.1, -0.05) is 18.2 Å². The van der Waals surface area contributed by atoms with Gasteiger partial charge in [0, 0.05) is 79.3 Å². The molecule has 14 heteroatoms. The van der Waals surface area contributed by atoms with Gasteiger partial charge in [0.25, 0.3) is 11.8 Å². The highest BCUT2D eigenvalue weighted by Gasteiger charge is 2.39. The van der Waals surface area contributed by atoms with Crippen molar-refractivity contribution in [1.82, 2.24) is 20.1 Å². The predicted molar refractivity (Wildman–Crippen MR) is 187 cm³/mol. The van der Waals surface area contributed by atoms with Gasteiger partial charge in [0.15, 0.2) is 5.13 Å². The van der Waals surface area contributed by atoms with Crippen LogP contribution in [0.15, 0.2) is 72.2 Å². The highest BCUT2D eigenvalue weighted by atomic mass is 32.1. The maximum atomic E-state index is 14.4. The topological polar surface area (TPSA) is 138 Å². The minimum absolute atomic E-state index is 0.00756. The van der Waals surface area contributed by atoms with Crippen molar-refractivity contribution in [2.75, 3.05) is 41.8 Å². The summed E-state index contributed by atoms with van der Waals surface area (Å²) in [6, 6.07) is 15.6. The van der Waals surface area contributed by atoms with Crippen LogP contribution in [0.5, 0.6) is 5.75 Å². The second kappa shape index (κ2) is 13.9. The minimum atomic E-state index is -1.29. The van der Waals surface area contributed by atoms with Gasteiger partial charge in [0.1, 0.15) is 17.6 Å². The number of carbonyl (C=O) groups excluding carboxylic acids is 4. The Kier molecular flexibility index (Phi) is 9.21. The average molecular weight is 698 g/mol. The summed E-state index contributed by atoms with van der Waals surface area (Å²) in [5, 5.41) is 17.8. The number of piperidine rings is 1. The lowest BCUT2D eigenvalue weighted by atomic mass is 10.0. The van der Waals surface area contributed by atoms with E-state index in [-0.39, 0.29) is 36.1 Å². The van der Waals surface area contributed by atoms with Gasteiger partial charge in [0.2, 0.25) is 5.91 Å². The Labute approximate surface area is 292 Å². The highest BCUT2D eigenvalue weighted by Crippen LogP contribution is 2.38. The third-order valence-electron chi connectivity index (χ3n) is 9.59. The number of nitrogens with one attached hydrogen (secondary N) is 2. The van der Waals surface area contributed by atoms with Crippen molar-refractivity contribution in [1.29, 1.82) is 0 Å². The van der Waals surface area contributed by atoms with E-state index in [1.165, 1.54) is 28.5 Å². The van der Waals surface area contributed by atoms with Crippen molar-refractivity contribution < 1.29 is 28.7 Å². The lowest BCUT2D eigenvalue weighted by Gasteiger charge is -2.38. The van der Waals surface area contributed by atoms with Crippen LogP contribution in [0.1, 0.15) is 52.4 Å². The number of amides is 5. The fraction of sp³-hybridized carbons (Fsp3) is 0.306. The second-order valence-electron chi connectivity index (χ2n) is 12.8. The van der Waals surface area contributed by atoms with Crippen LogP contribution in [0.2, 0.25) is 0 Å². The summed E-state index contributed by atoms with van der Waals surface area (Å²) >= 11 is 1.21. The van der Waals surface area contributed by atoms with Crippen molar-refractivity contribution in [3.8, 4) is 5.75 Å². The summed E-state index contributed by atoms with van der Waals surface area (Å²) in [7, 11) is 2.10. The monoisotopic (exact) mass is 697 g/mol. The summed E-state index contributed by atoms with van der Waals surface area (Å²) in [6.45, 7) is 2.74. The Morgan fingerprint density at radius 1 is 1.08 bits per heavy atom. The largest absolute Gasteiger partial charge is 0.508 e. The molecule has 3 aliphatic heterocycles. The number of halogens is 1. The molecule has 3 N–H and O–H groups in total. The van der Waals surface area contributed by atoms with Gasteiger partial charge < -0.3 is 14.9 Å². The van der Waals surface area contributed by atoms with Crippen LogP contribution >= 0.6 is 11.3 Å². The first kappa shape index (κ1) is 33.2. The standard InChI is InChI=1S/C36H36FN7O5S/c1-41(20-22-3-2-4-27(17-22)43-15-11-31(46)39-36(43)49)25-9-13-42(14-10-25)26-7-5-23-21-44(34(48)28(23)19-26)32(29-18-24(37)6-8-30(29)45)33(47)40-35-38-12-16-50-35/h2-8,12,16-19,25,32,45H,9-11,13-15,20-21H2,1H3,(H,38,40,47)(H,39,46,49). The number of fused-ring (bicyclic) bond motifs is 1. The molecule has 0 aliphatic carbocycles. The van der Waals surface area contributed by atoms with E-state index in [9.17, 15) is 28.7 Å². The average Bonchev–Trinajstić information content (AvgIpc) is 3.74. The third-order valence-corrected chi connectivity index (χ3v) is 10.3. The normalized spacial score (nSPS) is 17.3. The summed E-state index contributed by atoms with van der Waals surface area (Å²) in [5.74, 6) is -2.17. The Bertz CT molecular complexity index is 1950. The molecule has 0 radical (unpaired) electrons. The summed E-state index contributed by atoms with van der Waals surface area (Å²) in [5.41, 5.74) is 3.95. The summed E-state index contributed by atoms with van der Waals surface area (Å²) in [6.07, 6.45) is 3.62. The molecule has 0 bridgehead atoms. The van der Waals surface area contributed by atoms with Crippen LogP contribution in [0.3, 0.4) is 0 Å². The van der Waals surface area contributed by atoms with Gasteiger partial charge in [-0.2, -0.15) is 0 Å². The maximum Gasteiger partial charge on any atom is 0.328 e. The molecule has 0 spiro atoms. The second-order valence-corrected chi connectivity index (χ2v) is 13.7. The smallest absolute Gasteiger partial charge is 0.328 e. The Balaban J connectivity index is 1.01. The molecule has 4 heterocycles. The van der Waals surface area contributed by atoms with Crippen molar-refractivity contribution >= 4 is 51.6 Å². The zero-order chi connectivity index (χ0) is 34.9. The van der Waals surface area contributed by atoms with Gasteiger partial charge in [-0.3, -0.25) is 34.8 Å². The quantitative estimate of drug-likeness (QED) is 0.225. The van der Waals surface area contributed by atoms with Gasteiger partial charge in [-0.05, 0) is 73.5 Å². The number of carbonyl (C=O) groups is 4. The molecule has 1 unspecified atom stereocenters. The van der Waals surface area contributed by atoms with Crippen molar-refractivity contribution in [2.24, 2.45) is 0 Å². The van der Waals surface area contributed by atoms with Crippen LogP contribution in [0.25, 0.3) is 0 Å². The molecule has 5 amide bonds. The zero-order valence-electron chi connectivity index (χ0n) is 27.3. The molecular weight excluding hydrogens is 662 g/mol. The fourth-order valence-electron chi connectivity index (χ4n) is 6.99. The van der Waals surface area contributed by atoms with Gasteiger partial charge in [-0.15, -0.1) is 11.3 Å². The lowest BCUT2D eigenvalue weighted by molar-refractivity contribution is -0.121. The maximum absolute atomic E-state index is 14.4. The van der Waals surface area contributed by atoms with Crippen LogP contribution in [-0.2, 0) is 22.7 Å². The number of imide groups is 1. The van der Waals surface area contributed by atoms with Crippen LogP contribution in [0.4, 0.5) is 25.7 Å². The van der Waals surface area contributed by atoms with Crippen LogP contribution in [-0.4, -0.2) is 76.4 Å². The van der Waals surface area contributed by atoms with Crippen LogP contribution < -0.4 is 20.4 Å². The number of nitrogens with zero attached hydrogens (tertiary/aromatic N) is 5. The number of thiazole rings is 1. The van der Waals surface area contributed by atoms with E-state index in [1.54, 1.807) is 10.3 Å². The van der Waals surface area contributed by atoms with Gasteiger partial charge >= 0.3 is 6.03 Å². The van der Waals surface area contributed by atoms with Crippen LogP contribution in [0, 0.1) is 5.82 Å². The minimum Gasteiger partial charge on any atom is -0.508 e. The predicted octanol–water partition coefficient (Wildman–Crippen LogP) is 4.87. The summed E-state index contributed by atoms with van der Waals surface area (Å²) in [4.78, 5) is 63.0. The van der Waals surface area contributed by atoms with E-state index in [0.29, 0.717) is 29.8 Å². The number of aromatic hydroxyl groups is 1. The number of hydrogen-bond acceptors (Lipinski definition) is 9. The Hall–Kier alpha value is -5.34. The summed E-state index contributed by atoms with van der Waals surface area (Å²) < 4.78 is 14.4. The van der Waals surface area contributed by atoms with Crippen molar-refractivity contribution in [2.45, 2.75) is 44.4 Å². The van der Waals surface area contributed by atoms with Gasteiger partial charge in [0.05, 0.1) is 0 Å². The Morgan fingerprint density at radius 3 is 2.66 bits per heavy atom. The number of urea groups is 1. The molecule has 2 fully saturated rings. The third kappa shape index (κ3) is 6.76. The molecule has 1 atom stereocenters. The van der Waals surface area contributed by atoms with E-state index in [0.717, 1.165) is 60.6 Å². The number of phenols is 1. The zero-order valence-corrected chi connectivity index (χ0v) is 28.2. The van der Waals surface area contributed by atoms with Crippen molar-refractivity contribution in [3.05, 3.63) is 100 Å².